The monoisotopic (exact) mass is 388 g/mol. The predicted octanol–water partition coefficient (Wildman–Crippen LogP) is 3.59. The van der Waals surface area contributed by atoms with Gasteiger partial charge in [0.25, 0.3) is 0 Å². The minimum atomic E-state index is 0.262. The van der Waals surface area contributed by atoms with E-state index in [1.165, 1.54) is 48.9 Å². The lowest BCUT2D eigenvalue weighted by Gasteiger charge is -2.41. The van der Waals surface area contributed by atoms with Gasteiger partial charge in [-0.05, 0) is 41.7 Å². The second-order valence-corrected chi connectivity index (χ2v) is 8.93. The lowest BCUT2D eigenvalue weighted by atomic mass is 9.85. The quantitative estimate of drug-likeness (QED) is 0.761. The van der Waals surface area contributed by atoms with E-state index in [1.54, 1.807) is 11.3 Å². The zero-order chi connectivity index (χ0) is 18.5. The van der Waals surface area contributed by atoms with Gasteiger partial charge >= 0.3 is 0 Å². The molecular weight excluding hydrogens is 356 g/mol. The third-order valence-corrected chi connectivity index (χ3v) is 7.01. The molecule has 0 unspecified atom stereocenters. The van der Waals surface area contributed by atoms with Crippen molar-refractivity contribution in [3.63, 3.8) is 0 Å². The average Bonchev–Trinajstić information content (AvgIpc) is 3.37. The summed E-state index contributed by atoms with van der Waals surface area (Å²) in [6, 6.07) is 2.64. The Hall–Kier alpha value is -1.21. The Balaban J connectivity index is 1.38. The van der Waals surface area contributed by atoms with Crippen molar-refractivity contribution in [1.29, 1.82) is 0 Å². The van der Waals surface area contributed by atoms with Crippen molar-refractivity contribution < 1.29 is 5.11 Å². The van der Waals surface area contributed by atoms with Gasteiger partial charge in [0, 0.05) is 62.5 Å². The number of nitrogens with one attached hydrogen (secondary N) is 1. The van der Waals surface area contributed by atoms with Crippen LogP contribution in [0.3, 0.4) is 0 Å². The molecule has 6 heteroatoms. The van der Waals surface area contributed by atoms with Crippen LogP contribution in [0.25, 0.3) is 0 Å². The zero-order valence-electron chi connectivity index (χ0n) is 16.1. The van der Waals surface area contributed by atoms with E-state index in [2.05, 4.69) is 36.8 Å². The molecule has 2 fully saturated rings. The van der Waals surface area contributed by atoms with E-state index < -0.39 is 0 Å². The number of aromatic nitrogens is 2. The summed E-state index contributed by atoms with van der Waals surface area (Å²) < 4.78 is 0. The van der Waals surface area contributed by atoms with Crippen LogP contribution in [0.15, 0.2) is 23.0 Å². The molecule has 2 aliphatic rings. The first-order valence-corrected chi connectivity index (χ1v) is 11.4. The SMILES string of the molecule is OCC[C@@H]1CN(Cc2cn[nH]c2C2CCCCC2)CCN1Cc1ccsc1. The summed E-state index contributed by atoms with van der Waals surface area (Å²) in [4.78, 5) is 5.10. The highest BCUT2D eigenvalue weighted by atomic mass is 32.1. The standard InChI is InChI=1S/C21H32N4OS/c26-10-6-20-15-24(8-9-25(20)13-17-7-11-27-16-17)14-19-12-22-23-21(19)18-4-2-1-3-5-18/h7,11-12,16,18,20,26H,1-6,8-10,13-15H2,(H,22,23)/t20-/m1/s1. The molecule has 1 aliphatic carbocycles. The molecule has 0 radical (unpaired) electrons. The Bertz CT molecular complexity index is 680. The third-order valence-electron chi connectivity index (χ3n) is 6.28. The second-order valence-electron chi connectivity index (χ2n) is 8.15. The summed E-state index contributed by atoms with van der Waals surface area (Å²) in [6.07, 6.45) is 9.58. The Labute approximate surface area is 166 Å². The van der Waals surface area contributed by atoms with Gasteiger partial charge in [0.1, 0.15) is 0 Å². The largest absolute Gasteiger partial charge is 0.396 e. The van der Waals surface area contributed by atoms with Gasteiger partial charge in [-0.1, -0.05) is 19.3 Å². The van der Waals surface area contributed by atoms with E-state index >= 15 is 0 Å². The van der Waals surface area contributed by atoms with Crippen molar-refractivity contribution in [2.45, 2.75) is 63.6 Å². The fourth-order valence-corrected chi connectivity index (χ4v) is 5.44. The summed E-state index contributed by atoms with van der Waals surface area (Å²) in [5, 5.41) is 21.6. The summed E-state index contributed by atoms with van der Waals surface area (Å²) in [5.74, 6) is 0.671. The van der Waals surface area contributed by atoms with E-state index in [1.807, 2.05) is 6.20 Å². The Morgan fingerprint density at radius 1 is 1.19 bits per heavy atom. The molecule has 27 heavy (non-hydrogen) atoms. The molecule has 2 N–H and O–H groups in total. The highest BCUT2D eigenvalue weighted by Crippen LogP contribution is 2.33. The van der Waals surface area contributed by atoms with E-state index in [4.69, 9.17) is 0 Å². The van der Waals surface area contributed by atoms with Crippen LogP contribution in [0.4, 0.5) is 0 Å². The van der Waals surface area contributed by atoms with E-state index in [0.717, 1.165) is 39.1 Å². The maximum absolute atomic E-state index is 9.56. The molecule has 1 atom stereocenters. The number of piperazine rings is 1. The van der Waals surface area contributed by atoms with Crippen molar-refractivity contribution in [2.75, 3.05) is 26.2 Å². The van der Waals surface area contributed by atoms with Gasteiger partial charge in [-0.15, -0.1) is 0 Å². The van der Waals surface area contributed by atoms with Crippen LogP contribution in [0.5, 0.6) is 0 Å². The summed E-state index contributed by atoms with van der Waals surface area (Å²) in [6.45, 7) is 5.42. The summed E-state index contributed by atoms with van der Waals surface area (Å²) >= 11 is 1.76. The number of hydrogen-bond donors (Lipinski definition) is 2. The molecule has 0 aromatic carbocycles. The molecule has 2 aromatic heterocycles. The highest BCUT2D eigenvalue weighted by Gasteiger charge is 2.28. The van der Waals surface area contributed by atoms with Gasteiger partial charge in [0.15, 0.2) is 0 Å². The van der Waals surface area contributed by atoms with Crippen molar-refractivity contribution in [2.24, 2.45) is 0 Å². The molecule has 2 aromatic rings. The van der Waals surface area contributed by atoms with Crippen molar-refractivity contribution in [3.05, 3.63) is 39.8 Å². The third kappa shape index (κ3) is 4.80. The Kier molecular flexibility index (Phi) is 6.60. The van der Waals surface area contributed by atoms with Crippen LogP contribution in [-0.4, -0.2) is 57.4 Å². The number of H-pyrrole nitrogens is 1. The first-order valence-electron chi connectivity index (χ1n) is 10.4. The van der Waals surface area contributed by atoms with Gasteiger partial charge in [0.2, 0.25) is 0 Å². The van der Waals surface area contributed by atoms with Gasteiger partial charge < -0.3 is 5.11 Å². The number of rotatable bonds is 7. The van der Waals surface area contributed by atoms with Crippen LogP contribution in [0, 0.1) is 0 Å². The lowest BCUT2D eigenvalue weighted by Crippen LogP contribution is -2.52. The van der Waals surface area contributed by atoms with Crippen molar-refractivity contribution >= 4 is 11.3 Å². The summed E-state index contributed by atoms with van der Waals surface area (Å²) in [5.41, 5.74) is 4.16. The number of aliphatic hydroxyl groups excluding tert-OH is 1. The predicted molar refractivity (Wildman–Crippen MR) is 110 cm³/mol. The first kappa shape index (κ1) is 19.1. The number of aromatic amines is 1. The maximum atomic E-state index is 9.56. The molecule has 1 aliphatic heterocycles. The van der Waals surface area contributed by atoms with Crippen LogP contribution < -0.4 is 0 Å². The van der Waals surface area contributed by atoms with Gasteiger partial charge in [-0.25, -0.2) is 0 Å². The number of aliphatic hydroxyl groups is 1. The molecule has 5 nitrogen and oxygen atoms in total. The molecule has 1 saturated heterocycles. The molecule has 148 valence electrons. The fourth-order valence-electron chi connectivity index (χ4n) is 4.78. The smallest absolute Gasteiger partial charge is 0.0535 e. The average molecular weight is 389 g/mol. The van der Waals surface area contributed by atoms with Crippen LogP contribution in [0.2, 0.25) is 0 Å². The molecule has 0 bridgehead atoms. The highest BCUT2D eigenvalue weighted by molar-refractivity contribution is 7.07. The maximum Gasteiger partial charge on any atom is 0.0535 e. The van der Waals surface area contributed by atoms with Gasteiger partial charge in [-0.3, -0.25) is 14.9 Å². The second kappa shape index (κ2) is 9.32. The molecule has 4 rings (SSSR count). The van der Waals surface area contributed by atoms with Crippen molar-refractivity contribution in [3.8, 4) is 0 Å². The minimum Gasteiger partial charge on any atom is -0.396 e. The number of thiophene rings is 1. The van der Waals surface area contributed by atoms with E-state index in [0.29, 0.717) is 12.0 Å². The van der Waals surface area contributed by atoms with Crippen LogP contribution in [0.1, 0.15) is 61.3 Å². The fraction of sp³-hybridized carbons (Fsp3) is 0.667. The van der Waals surface area contributed by atoms with Crippen LogP contribution >= 0.6 is 11.3 Å². The normalized spacial score (nSPS) is 23.1. The van der Waals surface area contributed by atoms with Crippen LogP contribution in [-0.2, 0) is 13.1 Å². The lowest BCUT2D eigenvalue weighted by molar-refractivity contribution is 0.0498. The minimum absolute atomic E-state index is 0.262. The Morgan fingerprint density at radius 2 is 2.07 bits per heavy atom. The molecular formula is C21H32N4OS. The topological polar surface area (TPSA) is 55.4 Å². The number of nitrogens with zero attached hydrogens (tertiary/aromatic N) is 3. The number of hydrogen-bond acceptors (Lipinski definition) is 5. The molecule has 3 heterocycles. The molecule has 0 spiro atoms. The van der Waals surface area contributed by atoms with Gasteiger partial charge in [-0.2, -0.15) is 16.4 Å². The van der Waals surface area contributed by atoms with Gasteiger partial charge in [0.05, 0.1) is 6.20 Å². The summed E-state index contributed by atoms with van der Waals surface area (Å²) in [7, 11) is 0. The zero-order valence-corrected chi connectivity index (χ0v) is 17.0. The van der Waals surface area contributed by atoms with Crippen molar-refractivity contribution in [1.82, 2.24) is 20.0 Å². The molecule has 1 saturated carbocycles. The first-order chi connectivity index (χ1) is 13.3. The molecule has 0 amide bonds. The van der Waals surface area contributed by atoms with E-state index in [9.17, 15) is 5.11 Å². The van der Waals surface area contributed by atoms with E-state index in [-0.39, 0.29) is 6.61 Å². The Morgan fingerprint density at radius 3 is 2.85 bits per heavy atom.